The SMILES string of the molecule is CCCCN1CCC[C@H]1C(=O)O. The molecule has 1 aliphatic heterocycles. The van der Waals surface area contributed by atoms with Crippen molar-refractivity contribution in [1.29, 1.82) is 0 Å². The molecule has 0 unspecified atom stereocenters. The lowest BCUT2D eigenvalue weighted by Crippen LogP contribution is -2.36. The zero-order valence-corrected chi connectivity index (χ0v) is 7.62. The first-order chi connectivity index (χ1) is 5.75. The zero-order chi connectivity index (χ0) is 8.97. The summed E-state index contributed by atoms with van der Waals surface area (Å²) in [5.74, 6) is -0.649. The summed E-state index contributed by atoms with van der Waals surface area (Å²) in [7, 11) is 0. The Balaban J connectivity index is 2.35. The van der Waals surface area contributed by atoms with E-state index < -0.39 is 5.97 Å². The van der Waals surface area contributed by atoms with E-state index >= 15 is 0 Å². The molecule has 1 N–H and O–H groups in total. The Hall–Kier alpha value is -0.570. The van der Waals surface area contributed by atoms with E-state index in [-0.39, 0.29) is 6.04 Å². The molecule has 0 aromatic rings. The van der Waals surface area contributed by atoms with Gasteiger partial charge in [-0.05, 0) is 32.4 Å². The minimum absolute atomic E-state index is 0.198. The lowest BCUT2D eigenvalue weighted by Gasteiger charge is -2.20. The second kappa shape index (κ2) is 4.45. The van der Waals surface area contributed by atoms with Gasteiger partial charge in [-0.2, -0.15) is 0 Å². The Labute approximate surface area is 73.4 Å². The number of hydrogen-bond donors (Lipinski definition) is 1. The summed E-state index contributed by atoms with van der Waals surface area (Å²) in [6.07, 6.45) is 4.13. The largest absolute Gasteiger partial charge is 0.480 e. The molecule has 1 heterocycles. The number of hydrogen-bond acceptors (Lipinski definition) is 2. The fraction of sp³-hybridized carbons (Fsp3) is 0.889. The second-order valence-electron chi connectivity index (χ2n) is 3.39. The first-order valence-electron chi connectivity index (χ1n) is 4.72. The molecule has 3 heteroatoms. The molecule has 3 nitrogen and oxygen atoms in total. The predicted octanol–water partition coefficient (Wildman–Crippen LogP) is 1.34. The summed E-state index contributed by atoms with van der Waals surface area (Å²) < 4.78 is 0. The van der Waals surface area contributed by atoms with Crippen molar-refractivity contribution < 1.29 is 9.90 Å². The van der Waals surface area contributed by atoms with Crippen LogP contribution in [-0.2, 0) is 4.79 Å². The lowest BCUT2D eigenvalue weighted by atomic mass is 10.2. The van der Waals surface area contributed by atoms with E-state index in [9.17, 15) is 4.79 Å². The number of carboxylic acid groups (broad SMARTS) is 1. The van der Waals surface area contributed by atoms with Crippen molar-refractivity contribution in [2.24, 2.45) is 0 Å². The number of carboxylic acids is 1. The first-order valence-corrected chi connectivity index (χ1v) is 4.72. The van der Waals surface area contributed by atoms with E-state index in [1.807, 2.05) is 0 Å². The topological polar surface area (TPSA) is 40.5 Å². The molecule has 0 saturated carbocycles. The highest BCUT2D eigenvalue weighted by atomic mass is 16.4. The third-order valence-corrected chi connectivity index (χ3v) is 2.45. The van der Waals surface area contributed by atoms with Gasteiger partial charge in [-0.3, -0.25) is 9.69 Å². The van der Waals surface area contributed by atoms with Crippen molar-refractivity contribution in [2.45, 2.75) is 38.6 Å². The van der Waals surface area contributed by atoms with Gasteiger partial charge < -0.3 is 5.11 Å². The summed E-state index contributed by atoms with van der Waals surface area (Å²) in [6.45, 7) is 4.05. The fourth-order valence-electron chi connectivity index (χ4n) is 1.73. The lowest BCUT2D eigenvalue weighted by molar-refractivity contribution is -0.142. The van der Waals surface area contributed by atoms with Crippen LogP contribution in [0.5, 0.6) is 0 Å². The first kappa shape index (κ1) is 9.52. The van der Waals surface area contributed by atoms with Crippen molar-refractivity contribution in [3.05, 3.63) is 0 Å². The van der Waals surface area contributed by atoms with Gasteiger partial charge in [-0.25, -0.2) is 0 Å². The Morgan fingerprint density at radius 1 is 1.67 bits per heavy atom. The maximum Gasteiger partial charge on any atom is 0.320 e. The quantitative estimate of drug-likeness (QED) is 0.693. The van der Waals surface area contributed by atoms with Crippen molar-refractivity contribution >= 4 is 5.97 Å². The van der Waals surface area contributed by atoms with Crippen LogP contribution in [0.15, 0.2) is 0 Å². The van der Waals surface area contributed by atoms with E-state index in [1.165, 1.54) is 0 Å². The van der Waals surface area contributed by atoms with Crippen LogP contribution < -0.4 is 0 Å². The average molecular weight is 171 g/mol. The van der Waals surface area contributed by atoms with Crippen LogP contribution in [0.3, 0.4) is 0 Å². The number of likely N-dealkylation sites (tertiary alicyclic amines) is 1. The summed E-state index contributed by atoms with van der Waals surface area (Å²) in [4.78, 5) is 12.8. The summed E-state index contributed by atoms with van der Waals surface area (Å²) in [6, 6.07) is -0.198. The molecule has 1 atom stereocenters. The summed E-state index contributed by atoms with van der Waals surface area (Å²) in [5.41, 5.74) is 0. The molecule has 0 radical (unpaired) electrons. The normalized spacial score (nSPS) is 24.6. The average Bonchev–Trinajstić information content (AvgIpc) is 2.48. The molecular formula is C9H17NO2. The number of rotatable bonds is 4. The van der Waals surface area contributed by atoms with E-state index in [4.69, 9.17) is 5.11 Å². The minimum Gasteiger partial charge on any atom is -0.480 e. The molecular weight excluding hydrogens is 154 g/mol. The zero-order valence-electron chi connectivity index (χ0n) is 7.62. The Kier molecular flexibility index (Phi) is 3.53. The van der Waals surface area contributed by atoms with Crippen molar-refractivity contribution in [3.63, 3.8) is 0 Å². The van der Waals surface area contributed by atoms with Gasteiger partial charge in [0.05, 0.1) is 0 Å². The van der Waals surface area contributed by atoms with Crippen molar-refractivity contribution in [1.82, 2.24) is 4.90 Å². The molecule has 70 valence electrons. The molecule has 0 aliphatic carbocycles. The van der Waals surface area contributed by atoms with E-state index in [0.29, 0.717) is 0 Å². The standard InChI is InChI=1S/C9H17NO2/c1-2-3-6-10-7-4-5-8(10)9(11)12/h8H,2-7H2,1H3,(H,11,12)/t8-/m0/s1. The van der Waals surface area contributed by atoms with Crippen LogP contribution in [0.4, 0.5) is 0 Å². The van der Waals surface area contributed by atoms with Gasteiger partial charge in [0.1, 0.15) is 6.04 Å². The fourth-order valence-corrected chi connectivity index (χ4v) is 1.73. The molecule has 0 aromatic carbocycles. The molecule has 1 fully saturated rings. The number of aliphatic carboxylic acids is 1. The molecule has 12 heavy (non-hydrogen) atoms. The van der Waals surface area contributed by atoms with E-state index in [0.717, 1.165) is 38.8 Å². The van der Waals surface area contributed by atoms with Gasteiger partial charge >= 0.3 is 5.97 Å². The van der Waals surface area contributed by atoms with Gasteiger partial charge in [-0.15, -0.1) is 0 Å². The van der Waals surface area contributed by atoms with Crippen LogP contribution in [0, 0.1) is 0 Å². The highest BCUT2D eigenvalue weighted by Crippen LogP contribution is 2.17. The highest BCUT2D eigenvalue weighted by Gasteiger charge is 2.29. The molecule has 0 bridgehead atoms. The smallest absolute Gasteiger partial charge is 0.320 e. The number of unbranched alkanes of at least 4 members (excludes halogenated alkanes) is 1. The van der Waals surface area contributed by atoms with Gasteiger partial charge in [-0.1, -0.05) is 13.3 Å². The van der Waals surface area contributed by atoms with Crippen LogP contribution in [-0.4, -0.2) is 35.1 Å². The molecule has 1 aliphatic rings. The van der Waals surface area contributed by atoms with Gasteiger partial charge in [0.15, 0.2) is 0 Å². The number of nitrogens with zero attached hydrogens (tertiary/aromatic N) is 1. The minimum atomic E-state index is -0.649. The van der Waals surface area contributed by atoms with Crippen LogP contribution in [0.1, 0.15) is 32.6 Å². The van der Waals surface area contributed by atoms with Crippen LogP contribution in [0.25, 0.3) is 0 Å². The van der Waals surface area contributed by atoms with Gasteiger partial charge in [0.25, 0.3) is 0 Å². The van der Waals surface area contributed by atoms with Crippen molar-refractivity contribution in [2.75, 3.05) is 13.1 Å². The molecule has 1 rings (SSSR count). The Bertz CT molecular complexity index is 159. The summed E-state index contributed by atoms with van der Waals surface area (Å²) >= 11 is 0. The van der Waals surface area contributed by atoms with Crippen LogP contribution >= 0.6 is 0 Å². The van der Waals surface area contributed by atoms with Gasteiger partial charge in [0.2, 0.25) is 0 Å². The van der Waals surface area contributed by atoms with E-state index in [1.54, 1.807) is 0 Å². The van der Waals surface area contributed by atoms with Gasteiger partial charge in [0, 0.05) is 0 Å². The molecule has 1 saturated heterocycles. The highest BCUT2D eigenvalue weighted by molar-refractivity contribution is 5.73. The molecule has 0 spiro atoms. The maximum absolute atomic E-state index is 10.7. The second-order valence-corrected chi connectivity index (χ2v) is 3.39. The van der Waals surface area contributed by atoms with Crippen molar-refractivity contribution in [3.8, 4) is 0 Å². The Morgan fingerprint density at radius 3 is 3.00 bits per heavy atom. The monoisotopic (exact) mass is 171 g/mol. The molecule has 0 aromatic heterocycles. The van der Waals surface area contributed by atoms with E-state index in [2.05, 4.69) is 11.8 Å². The third kappa shape index (κ3) is 2.21. The maximum atomic E-state index is 10.7. The molecule has 0 amide bonds. The predicted molar refractivity (Wildman–Crippen MR) is 47.1 cm³/mol. The number of carbonyl (C=O) groups is 1. The summed E-state index contributed by atoms with van der Waals surface area (Å²) in [5, 5.41) is 8.84. The Morgan fingerprint density at radius 2 is 2.42 bits per heavy atom. The van der Waals surface area contributed by atoms with Crippen LogP contribution in [0.2, 0.25) is 0 Å². The third-order valence-electron chi connectivity index (χ3n) is 2.45.